The number of aliphatic imine (C=N–C) groups is 1. The molecular formula is C14H21N. The van der Waals surface area contributed by atoms with Crippen molar-refractivity contribution in [2.75, 3.05) is 0 Å². The molecule has 0 aliphatic rings. The van der Waals surface area contributed by atoms with E-state index in [1.807, 2.05) is 6.92 Å². The highest BCUT2D eigenvalue weighted by Gasteiger charge is 1.97. The SMILES string of the molecule is C=CC=NC(=C)/C(C)=C(C)/C=C(/C)CC. The fourth-order valence-electron chi connectivity index (χ4n) is 1.05. The molecule has 0 aliphatic heterocycles. The van der Waals surface area contributed by atoms with Gasteiger partial charge in [0.2, 0.25) is 0 Å². The van der Waals surface area contributed by atoms with E-state index in [4.69, 9.17) is 0 Å². The van der Waals surface area contributed by atoms with Gasteiger partial charge in [0.25, 0.3) is 0 Å². The van der Waals surface area contributed by atoms with Crippen LogP contribution in [0.15, 0.2) is 52.7 Å². The molecule has 1 nitrogen and oxygen atoms in total. The summed E-state index contributed by atoms with van der Waals surface area (Å²) in [6, 6.07) is 0. The lowest BCUT2D eigenvalue weighted by Crippen LogP contribution is -1.86. The van der Waals surface area contributed by atoms with Crippen LogP contribution >= 0.6 is 0 Å². The van der Waals surface area contributed by atoms with Crippen molar-refractivity contribution in [3.05, 3.63) is 47.7 Å². The van der Waals surface area contributed by atoms with Gasteiger partial charge in [-0.05, 0) is 38.3 Å². The van der Waals surface area contributed by atoms with Crippen LogP contribution in [0.1, 0.15) is 34.1 Å². The lowest BCUT2D eigenvalue weighted by Gasteiger charge is -2.04. The minimum Gasteiger partial charge on any atom is -0.257 e. The summed E-state index contributed by atoms with van der Waals surface area (Å²) in [5.74, 6) is 0. The van der Waals surface area contributed by atoms with Gasteiger partial charge in [0.15, 0.2) is 0 Å². The molecule has 82 valence electrons. The zero-order valence-corrected chi connectivity index (χ0v) is 10.3. The monoisotopic (exact) mass is 203 g/mol. The van der Waals surface area contributed by atoms with Crippen molar-refractivity contribution < 1.29 is 0 Å². The molecule has 0 unspecified atom stereocenters. The Morgan fingerprint density at radius 1 is 1.27 bits per heavy atom. The predicted octanol–water partition coefficient (Wildman–Crippen LogP) is 4.45. The lowest BCUT2D eigenvalue weighted by atomic mass is 10.1. The van der Waals surface area contributed by atoms with Gasteiger partial charge in [-0.1, -0.05) is 37.8 Å². The molecule has 0 saturated heterocycles. The van der Waals surface area contributed by atoms with E-state index in [1.165, 1.54) is 11.1 Å². The second-order valence-electron chi connectivity index (χ2n) is 3.61. The highest BCUT2D eigenvalue weighted by molar-refractivity contribution is 5.71. The van der Waals surface area contributed by atoms with Gasteiger partial charge >= 0.3 is 0 Å². The summed E-state index contributed by atoms with van der Waals surface area (Å²) in [6.45, 7) is 15.9. The van der Waals surface area contributed by atoms with Crippen LogP contribution in [0.4, 0.5) is 0 Å². The van der Waals surface area contributed by atoms with Gasteiger partial charge in [0, 0.05) is 6.21 Å². The largest absolute Gasteiger partial charge is 0.257 e. The van der Waals surface area contributed by atoms with Crippen LogP contribution in [-0.2, 0) is 0 Å². The molecule has 0 N–H and O–H groups in total. The van der Waals surface area contributed by atoms with Crippen molar-refractivity contribution in [1.82, 2.24) is 0 Å². The Balaban J connectivity index is 4.86. The maximum absolute atomic E-state index is 4.17. The van der Waals surface area contributed by atoms with Crippen LogP contribution in [0.3, 0.4) is 0 Å². The Morgan fingerprint density at radius 2 is 1.87 bits per heavy atom. The first-order chi connectivity index (χ1) is 7.02. The standard InChI is InChI=1S/C14H21N/c1-7-9-15-14(6)13(5)12(4)10-11(3)8-2/h7,9-10H,1,6,8H2,2-5H3/b11-10-,13-12+,15-9?. The van der Waals surface area contributed by atoms with Gasteiger partial charge in [-0.2, -0.15) is 0 Å². The predicted molar refractivity (Wildman–Crippen MR) is 70.3 cm³/mol. The van der Waals surface area contributed by atoms with E-state index in [-0.39, 0.29) is 0 Å². The second-order valence-corrected chi connectivity index (χ2v) is 3.61. The van der Waals surface area contributed by atoms with Crippen LogP contribution in [-0.4, -0.2) is 6.21 Å². The molecule has 0 spiro atoms. The van der Waals surface area contributed by atoms with Crippen LogP contribution < -0.4 is 0 Å². The fourth-order valence-corrected chi connectivity index (χ4v) is 1.05. The Labute approximate surface area is 93.6 Å². The van der Waals surface area contributed by atoms with Crippen LogP contribution in [0.2, 0.25) is 0 Å². The van der Waals surface area contributed by atoms with Crippen LogP contribution in [0.5, 0.6) is 0 Å². The molecule has 0 atom stereocenters. The van der Waals surface area contributed by atoms with Gasteiger partial charge < -0.3 is 0 Å². The summed E-state index contributed by atoms with van der Waals surface area (Å²) >= 11 is 0. The number of hydrogen-bond acceptors (Lipinski definition) is 1. The quantitative estimate of drug-likeness (QED) is 0.462. The van der Waals surface area contributed by atoms with E-state index in [9.17, 15) is 0 Å². The normalized spacial score (nSPS) is 14.0. The maximum atomic E-state index is 4.17. The summed E-state index contributed by atoms with van der Waals surface area (Å²) in [6.07, 6.45) is 6.58. The molecule has 0 amide bonds. The van der Waals surface area contributed by atoms with Crippen LogP contribution in [0.25, 0.3) is 0 Å². The second kappa shape index (κ2) is 6.99. The molecule has 0 saturated carbocycles. The Hall–Kier alpha value is -1.37. The minimum absolute atomic E-state index is 0.799. The van der Waals surface area contributed by atoms with E-state index >= 15 is 0 Å². The number of rotatable bonds is 5. The molecule has 0 fully saturated rings. The van der Waals surface area contributed by atoms with Gasteiger partial charge in [0.1, 0.15) is 0 Å². The summed E-state index contributed by atoms with van der Waals surface area (Å²) in [4.78, 5) is 4.17. The van der Waals surface area contributed by atoms with E-state index in [2.05, 4.69) is 45.0 Å². The zero-order valence-electron chi connectivity index (χ0n) is 10.3. The summed E-state index contributed by atoms with van der Waals surface area (Å²) < 4.78 is 0. The molecule has 0 bridgehead atoms. The summed E-state index contributed by atoms with van der Waals surface area (Å²) in [7, 11) is 0. The van der Waals surface area contributed by atoms with E-state index in [1.54, 1.807) is 12.3 Å². The molecule has 0 aromatic heterocycles. The third kappa shape index (κ3) is 5.16. The lowest BCUT2D eigenvalue weighted by molar-refractivity contribution is 1.09. The molecule has 0 heterocycles. The Morgan fingerprint density at radius 3 is 2.33 bits per heavy atom. The first-order valence-corrected chi connectivity index (χ1v) is 5.21. The molecular weight excluding hydrogens is 182 g/mol. The Kier molecular flexibility index (Phi) is 6.35. The van der Waals surface area contributed by atoms with Crippen LogP contribution in [0, 0.1) is 0 Å². The van der Waals surface area contributed by atoms with Crippen molar-refractivity contribution >= 4 is 6.21 Å². The molecule has 15 heavy (non-hydrogen) atoms. The molecule has 0 aromatic carbocycles. The van der Waals surface area contributed by atoms with Crippen molar-refractivity contribution in [3.8, 4) is 0 Å². The maximum Gasteiger partial charge on any atom is 0.0589 e. The van der Waals surface area contributed by atoms with Crippen molar-refractivity contribution in [2.24, 2.45) is 4.99 Å². The molecule has 0 radical (unpaired) electrons. The zero-order chi connectivity index (χ0) is 11.8. The molecule has 1 heteroatoms. The van der Waals surface area contributed by atoms with Crippen molar-refractivity contribution in [3.63, 3.8) is 0 Å². The number of hydrogen-bond donors (Lipinski definition) is 0. The highest BCUT2D eigenvalue weighted by atomic mass is 14.7. The number of allylic oxidation sites excluding steroid dienone is 5. The van der Waals surface area contributed by atoms with Gasteiger partial charge in [0.05, 0.1) is 5.70 Å². The highest BCUT2D eigenvalue weighted by Crippen LogP contribution is 2.16. The fraction of sp³-hybridized carbons (Fsp3) is 0.357. The summed E-state index contributed by atoms with van der Waals surface area (Å²) in [5.41, 5.74) is 4.52. The van der Waals surface area contributed by atoms with Crippen molar-refractivity contribution in [2.45, 2.75) is 34.1 Å². The molecule has 0 aliphatic carbocycles. The first-order valence-electron chi connectivity index (χ1n) is 5.21. The van der Waals surface area contributed by atoms with E-state index in [0.29, 0.717) is 0 Å². The first kappa shape index (κ1) is 13.6. The molecule has 0 aromatic rings. The summed E-state index contributed by atoms with van der Waals surface area (Å²) in [5, 5.41) is 0. The average molecular weight is 203 g/mol. The van der Waals surface area contributed by atoms with E-state index < -0.39 is 0 Å². The third-order valence-corrected chi connectivity index (χ3v) is 2.38. The minimum atomic E-state index is 0.799. The van der Waals surface area contributed by atoms with Crippen molar-refractivity contribution in [1.29, 1.82) is 0 Å². The van der Waals surface area contributed by atoms with Gasteiger partial charge in [-0.3, -0.25) is 4.99 Å². The smallest absolute Gasteiger partial charge is 0.0589 e. The Bertz CT molecular complexity index is 327. The molecule has 0 rings (SSSR count). The number of nitrogens with zero attached hydrogens (tertiary/aromatic N) is 1. The average Bonchev–Trinajstić information content (AvgIpc) is 2.24. The topological polar surface area (TPSA) is 12.4 Å². The van der Waals surface area contributed by atoms with E-state index in [0.717, 1.165) is 17.7 Å². The van der Waals surface area contributed by atoms with Gasteiger partial charge in [-0.25, -0.2) is 0 Å². The van der Waals surface area contributed by atoms with Gasteiger partial charge in [-0.15, -0.1) is 0 Å². The third-order valence-electron chi connectivity index (χ3n) is 2.38.